The van der Waals surface area contributed by atoms with Gasteiger partial charge in [0.1, 0.15) is 11.6 Å². The molecule has 2 aromatic carbocycles. The van der Waals surface area contributed by atoms with Gasteiger partial charge in [-0.2, -0.15) is 0 Å². The van der Waals surface area contributed by atoms with Crippen LogP contribution in [0.3, 0.4) is 0 Å². The molecular formula is C27H31ClFN5O4. The standard InChI is InChI=1S/C27H31ClFN5O4/c1-27(25(36)17-2-5-19(29)6-3-17)8-10-34(11-9-27)24(35)15-38-23-7-4-18(28)12-22(23)33-26(37)21(30)13-20-14-31-16-32-20/h2-7,12,14,16,21,25,36H,8-11,13,15,30H2,1H3,(H,31,32)(H,33,37)/t21-,25?/m0/s1. The Morgan fingerprint density at radius 2 is 1.97 bits per heavy atom. The number of amides is 2. The van der Waals surface area contributed by atoms with Gasteiger partial charge in [0.05, 0.1) is 29.9 Å². The Morgan fingerprint density at radius 1 is 1.26 bits per heavy atom. The lowest BCUT2D eigenvalue weighted by atomic mass is 9.73. The maximum Gasteiger partial charge on any atom is 0.260 e. The number of nitrogens with one attached hydrogen (secondary N) is 2. The van der Waals surface area contributed by atoms with Crippen molar-refractivity contribution in [3.8, 4) is 5.75 Å². The highest BCUT2D eigenvalue weighted by molar-refractivity contribution is 6.31. The summed E-state index contributed by atoms with van der Waals surface area (Å²) in [6.45, 7) is 2.63. The van der Waals surface area contributed by atoms with Crippen LogP contribution >= 0.6 is 11.6 Å². The van der Waals surface area contributed by atoms with E-state index in [4.69, 9.17) is 22.1 Å². The Hall–Kier alpha value is -3.47. The van der Waals surface area contributed by atoms with E-state index in [0.29, 0.717) is 47.9 Å². The molecule has 2 atom stereocenters. The van der Waals surface area contributed by atoms with E-state index in [-0.39, 0.29) is 30.5 Å². The minimum atomic E-state index is -0.848. The summed E-state index contributed by atoms with van der Waals surface area (Å²) >= 11 is 6.12. The van der Waals surface area contributed by atoms with Crippen LogP contribution in [0.15, 0.2) is 55.0 Å². The van der Waals surface area contributed by atoms with Gasteiger partial charge < -0.3 is 30.8 Å². The van der Waals surface area contributed by atoms with Crippen molar-refractivity contribution < 1.29 is 23.8 Å². The van der Waals surface area contributed by atoms with Crippen molar-refractivity contribution in [3.05, 3.63) is 77.1 Å². The van der Waals surface area contributed by atoms with Crippen molar-refractivity contribution in [2.24, 2.45) is 11.1 Å². The summed E-state index contributed by atoms with van der Waals surface area (Å²) in [4.78, 5) is 34.1. The molecule has 11 heteroatoms. The van der Waals surface area contributed by atoms with Crippen molar-refractivity contribution in [3.63, 3.8) is 0 Å². The Labute approximate surface area is 225 Å². The highest BCUT2D eigenvalue weighted by Gasteiger charge is 2.38. The third kappa shape index (κ3) is 6.69. The van der Waals surface area contributed by atoms with Crippen LogP contribution in [0.1, 0.15) is 37.1 Å². The molecule has 9 nitrogen and oxygen atoms in total. The molecule has 1 saturated heterocycles. The van der Waals surface area contributed by atoms with E-state index in [1.165, 1.54) is 24.5 Å². The fourth-order valence-electron chi connectivity index (χ4n) is 4.49. The Kier molecular flexibility index (Phi) is 8.65. The molecule has 0 saturated carbocycles. The average Bonchev–Trinajstić information content (AvgIpc) is 3.41. The van der Waals surface area contributed by atoms with E-state index in [2.05, 4.69) is 15.3 Å². The molecular weight excluding hydrogens is 513 g/mol. The number of anilines is 1. The highest BCUT2D eigenvalue weighted by atomic mass is 35.5. The fourth-order valence-corrected chi connectivity index (χ4v) is 4.66. The molecule has 1 aliphatic rings. The van der Waals surface area contributed by atoms with E-state index in [1.807, 2.05) is 6.92 Å². The Balaban J connectivity index is 1.32. The molecule has 0 aliphatic carbocycles. The number of nitrogens with zero attached hydrogens (tertiary/aromatic N) is 2. The molecule has 1 unspecified atom stereocenters. The minimum absolute atomic E-state index is 0.217. The number of likely N-dealkylation sites (tertiary alicyclic amines) is 1. The van der Waals surface area contributed by atoms with Crippen LogP contribution < -0.4 is 15.8 Å². The maximum absolute atomic E-state index is 13.3. The number of carbonyl (C=O) groups is 2. The van der Waals surface area contributed by atoms with Gasteiger partial charge in [-0.1, -0.05) is 30.7 Å². The summed E-state index contributed by atoms with van der Waals surface area (Å²) in [7, 11) is 0. The van der Waals surface area contributed by atoms with Gasteiger partial charge in [0, 0.05) is 36.1 Å². The number of benzene rings is 2. The summed E-state index contributed by atoms with van der Waals surface area (Å²) < 4.78 is 19.0. The van der Waals surface area contributed by atoms with Gasteiger partial charge in [-0.25, -0.2) is 9.37 Å². The van der Waals surface area contributed by atoms with Crippen LogP contribution in [-0.2, 0) is 16.0 Å². The number of piperidine rings is 1. The molecule has 0 bridgehead atoms. The third-order valence-electron chi connectivity index (χ3n) is 6.98. The fraction of sp³-hybridized carbons (Fsp3) is 0.370. The number of aliphatic hydroxyl groups is 1. The molecule has 0 radical (unpaired) electrons. The molecule has 1 fully saturated rings. The van der Waals surface area contributed by atoms with Crippen LogP contribution in [0.4, 0.5) is 10.1 Å². The number of H-pyrrole nitrogens is 1. The predicted molar refractivity (Wildman–Crippen MR) is 141 cm³/mol. The molecule has 1 aromatic heterocycles. The average molecular weight is 544 g/mol. The molecule has 202 valence electrons. The van der Waals surface area contributed by atoms with Gasteiger partial charge in [-0.05, 0) is 48.7 Å². The summed E-state index contributed by atoms with van der Waals surface area (Å²) in [5.41, 5.74) is 7.18. The SMILES string of the molecule is CC1(C(O)c2ccc(F)cc2)CCN(C(=O)COc2ccc(Cl)cc2NC(=O)[C@@H](N)Cc2c[nH]cn2)CC1. The number of hydrogen-bond donors (Lipinski definition) is 4. The number of carbonyl (C=O) groups excluding carboxylic acids is 2. The lowest BCUT2D eigenvalue weighted by Gasteiger charge is -2.42. The van der Waals surface area contributed by atoms with E-state index >= 15 is 0 Å². The smallest absolute Gasteiger partial charge is 0.260 e. The van der Waals surface area contributed by atoms with Crippen LogP contribution in [0, 0.1) is 11.2 Å². The number of aromatic amines is 1. The summed E-state index contributed by atoms with van der Waals surface area (Å²) in [5, 5.41) is 14.0. The van der Waals surface area contributed by atoms with E-state index < -0.39 is 23.5 Å². The number of aliphatic hydroxyl groups excluding tert-OH is 1. The first-order valence-corrected chi connectivity index (χ1v) is 12.7. The second-order valence-corrected chi connectivity index (χ2v) is 10.2. The molecule has 1 aliphatic heterocycles. The number of aromatic nitrogens is 2. The van der Waals surface area contributed by atoms with E-state index in [0.717, 1.165) is 0 Å². The molecule has 3 aromatic rings. The second-order valence-electron chi connectivity index (χ2n) is 9.78. The number of hydrogen-bond acceptors (Lipinski definition) is 6. The number of rotatable bonds is 9. The van der Waals surface area contributed by atoms with Gasteiger partial charge >= 0.3 is 0 Å². The normalized spacial score (nSPS) is 16.5. The van der Waals surface area contributed by atoms with Crippen molar-refractivity contribution >= 4 is 29.1 Å². The maximum atomic E-state index is 13.3. The van der Waals surface area contributed by atoms with Crippen molar-refractivity contribution in [1.82, 2.24) is 14.9 Å². The lowest BCUT2D eigenvalue weighted by molar-refractivity contribution is -0.137. The van der Waals surface area contributed by atoms with Crippen molar-refractivity contribution in [2.45, 2.75) is 38.3 Å². The molecule has 5 N–H and O–H groups in total. The quantitative estimate of drug-likeness (QED) is 0.327. The summed E-state index contributed by atoms with van der Waals surface area (Å²) in [6.07, 6.45) is 3.81. The summed E-state index contributed by atoms with van der Waals surface area (Å²) in [5.74, 6) is -0.726. The topological polar surface area (TPSA) is 134 Å². The monoisotopic (exact) mass is 543 g/mol. The van der Waals surface area contributed by atoms with Crippen LogP contribution in [0.5, 0.6) is 5.75 Å². The van der Waals surface area contributed by atoms with Gasteiger partial charge in [-0.3, -0.25) is 9.59 Å². The number of imidazole rings is 1. The second kappa shape index (κ2) is 11.9. The lowest BCUT2D eigenvalue weighted by Crippen LogP contribution is -2.45. The molecule has 2 heterocycles. The Morgan fingerprint density at radius 3 is 2.63 bits per heavy atom. The molecule has 38 heavy (non-hydrogen) atoms. The first-order chi connectivity index (χ1) is 18.1. The highest BCUT2D eigenvalue weighted by Crippen LogP contribution is 2.42. The van der Waals surface area contributed by atoms with Gasteiger partial charge in [0.15, 0.2) is 6.61 Å². The zero-order valence-electron chi connectivity index (χ0n) is 21.0. The third-order valence-corrected chi connectivity index (χ3v) is 7.21. The molecule has 2 amide bonds. The van der Waals surface area contributed by atoms with Gasteiger partial charge in [-0.15, -0.1) is 0 Å². The van der Waals surface area contributed by atoms with Gasteiger partial charge in [0.25, 0.3) is 5.91 Å². The molecule has 4 rings (SSSR count). The van der Waals surface area contributed by atoms with Crippen LogP contribution in [0.2, 0.25) is 5.02 Å². The largest absolute Gasteiger partial charge is 0.482 e. The minimum Gasteiger partial charge on any atom is -0.482 e. The van der Waals surface area contributed by atoms with E-state index in [9.17, 15) is 19.1 Å². The summed E-state index contributed by atoms with van der Waals surface area (Å²) in [6, 6.07) is 9.70. The molecule has 0 spiro atoms. The first kappa shape index (κ1) is 27.6. The van der Waals surface area contributed by atoms with Crippen molar-refractivity contribution in [2.75, 3.05) is 25.0 Å². The Bertz CT molecular complexity index is 1250. The number of ether oxygens (including phenoxy) is 1. The van der Waals surface area contributed by atoms with Crippen molar-refractivity contribution in [1.29, 1.82) is 0 Å². The van der Waals surface area contributed by atoms with E-state index in [1.54, 1.807) is 35.4 Å². The first-order valence-electron chi connectivity index (χ1n) is 12.3. The zero-order valence-corrected chi connectivity index (χ0v) is 21.7. The van der Waals surface area contributed by atoms with Crippen LogP contribution in [0.25, 0.3) is 0 Å². The van der Waals surface area contributed by atoms with Crippen LogP contribution in [-0.4, -0.2) is 57.5 Å². The predicted octanol–water partition coefficient (Wildman–Crippen LogP) is 3.45. The van der Waals surface area contributed by atoms with Gasteiger partial charge in [0.2, 0.25) is 5.91 Å². The number of nitrogens with two attached hydrogens (primary N) is 1. The zero-order chi connectivity index (χ0) is 27.3. The number of halogens is 2.